The fourth-order valence-corrected chi connectivity index (χ4v) is 1.12. The minimum Gasteiger partial charge on any atom is -0.463 e. The van der Waals surface area contributed by atoms with E-state index in [4.69, 9.17) is 4.74 Å². The van der Waals surface area contributed by atoms with Crippen LogP contribution >= 0.6 is 0 Å². The van der Waals surface area contributed by atoms with Gasteiger partial charge in [0.1, 0.15) is 0 Å². The van der Waals surface area contributed by atoms with Gasteiger partial charge in [0.05, 0.1) is 6.61 Å². The Balaban J connectivity index is 3.86. The first-order valence-corrected chi connectivity index (χ1v) is 5.25. The highest BCUT2D eigenvalue weighted by atomic mass is 16.5. The molecule has 0 unspecified atom stereocenters. The van der Waals surface area contributed by atoms with Crippen molar-refractivity contribution in [2.24, 2.45) is 0 Å². The summed E-state index contributed by atoms with van der Waals surface area (Å²) >= 11 is 0. The van der Waals surface area contributed by atoms with Crippen LogP contribution in [0.5, 0.6) is 0 Å². The topological polar surface area (TPSA) is 58.6 Å². The first kappa shape index (κ1) is 14.6. The van der Waals surface area contributed by atoms with Gasteiger partial charge < -0.3 is 15.0 Å². The largest absolute Gasteiger partial charge is 0.463 e. The lowest BCUT2D eigenvalue weighted by Crippen LogP contribution is -2.29. The predicted molar refractivity (Wildman–Crippen MR) is 62.0 cm³/mol. The number of carbonyl (C=O) groups is 2. The summed E-state index contributed by atoms with van der Waals surface area (Å²) in [6, 6.07) is 0. The molecule has 92 valence electrons. The zero-order valence-electron chi connectivity index (χ0n) is 10.2. The number of hydrogen-bond donors (Lipinski definition) is 1. The number of esters is 1. The number of rotatable bonds is 7. The first-order valence-electron chi connectivity index (χ1n) is 5.25. The third-order valence-electron chi connectivity index (χ3n) is 2.02. The lowest BCUT2D eigenvalue weighted by molar-refractivity contribution is -0.138. The number of carbonyl (C=O) groups excluding carboxylic acids is 2. The van der Waals surface area contributed by atoms with Crippen LogP contribution < -0.4 is 5.32 Å². The molecule has 0 saturated heterocycles. The van der Waals surface area contributed by atoms with E-state index in [9.17, 15) is 9.59 Å². The van der Waals surface area contributed by atoms with E-state index in [2.05, 4.69) is 11.9 Å². The molecule has 0 aliphatic carbocycles. The van der Waals surface area contributed by atoms with Crippen molar-refractivity contribution in [1.82, 2.24) is 10.2 Å². The van der Waals surface area contributed by atoms with Crippen LogP contribution in [0.2, 0.25) is 0 Å². The minimum absolute atomic E-state index is 0.0198. The molecule has 0 saturated carbocycles. The molecule has 0 aromatic rings. The van der Waals surface area contributed by atoms with Crippen LogP contribution in [0.4, 0.5) is 0 Å². The quantitative estimate of drug-likeness (QED) is 0.498. The van der Waals surface area contributed by atoms with Crippen LogP contribution in [0.15, 0.2) is 12.2 Å². The lowest BCUT2D eigenvalue weighted by atomic mass is 10.2. The van der Waals surface area contributed by atoms with E-state index in [1.165, 1.54) is 0 Å². The summed E-state index contributed by atoms with van der Waals surface area (Å²) < 4.78 is 4.81. The maximum Gasteiger partial charge on any atom is 0.334 e. The molecule has 0 atom stereocenters. The van der Waals surface area contributed by atoms with Gasteiger partial charge in [0.15, 0.2) is 0 Å². The van der Waals surface area contributed by atoms with Gasteiger partial charge in [-0.15, -0.1) is 0 Å². The van der Waals surface area contributed by atoms with Crippen LogP contribution in [0, 0.1) is 0 Å². The smallest absolute Gasteiger partial charge is 0.334 e. The molecule has 1 amide bonds. The summed E-state index contributed by atoms with van der Waals surface area (Å²) in [5.41, 5.74) is 0.404. The van der Waals surface area contributed by atoms with Crippen molar-refractivity contribution >= 4 is 11.9 Å². The van der Waals surface area contributed by atoms with E-state index in [1.54, 1.807) is 14.0 Å². The van der Waals surface area contributed by atoms with E-state index >= 15 is 0 Å². The summed E-state index contributed by atoms with van der Waals surface area (Å²) in [5.74, 6) is -0.400. The molecule has 0 bridgehead atoms. The Morgan fingerprint density at radius 1 is 1.44 bits per heavy atom. The third kappa shape index (κ3) is 6.19. The van der Waals surface area contributed by atoms with Crippen molar-refractivity contribution in [3.8, 4) is 0 Å². The Hall–Kier alpha value is -1.36. The van der Waals surface area contributed by atoms with Crippen LogP contribution in [0.25, 0.3) is 0 Å². The highest BCUT2D eigenvalue weighted by Gasteiger charge is 2.11. The molecule has 0 aliphatic heterocycles. The molecular weight excluding hydrogens is 208 g/mol. The van der Waals surface area contributed by atoms with Gasteiger partial charge in [0.25, 0.3) is 0 Å². The predicted octanol–water partition coefficient (Wildman–Crippen LogP) is 0.174. The molecule has 5 nitrogen and oxygen atoms in total. The van der Waals surface area contributed by atoms with Crippen molar-refractivity contribution in [2.45, 2.75) is 13.3 Å². The fourth-order valence-electron chi connectivity index (χ4n) is 1.12. The van der Waals surface area contributed by atoms with E-state index < -0.39 is 0 Å². The fraction of sp³-hybridized carbons (Fsp3) is 0.636. The molecule has 16 heavy (non-hydrogen) atoms. The van der Waals surface area contributed by atoms with Gasteiger partial charge in [-0.25, -0.2) is 4.79 Å². The Morgan fingerprint density at radius 2 is 2.06 bits per heavy atom. The molecule has 0 fully saturated rings. The molecule has 1 N–H and O–H groups in total. The Bertz CT molecular complexity index is 264. The van der Waals surface area contributed by atoms with Gasteiger partial charge in [-0.05, 0) is 14.0 Å². The van der Waals surface area contributed by atoms with Crippen LogP contribution in [0.3, 0.4) is 0 Å². The maximum atomic E-state index is 11.2. The summed E-state index contributed by atoms with van der Waals surface area (Å²) in [5, 5.41) is 2.54. The molecular formula is C11H20N2O3. The number of hydrogen-bond acceptors (Lipinski definition) is 4. The minimum atomic E-state index is -0.380. The Morgan fingerprint density at radius 3 is 2.56 bits per heavy atom. The second-order valence-electron chi connectivity index (χ2n) is 3.48. The van der Waals surface area contributed by atoms with Crippen LogP contribution in [-0.4, -0.2) is 50.6 Å². The standard InChI is InChI=1S/C11H20N2O3/c1-5-16-11(15)9(2)8-13(4)7-6-10(14)12-3/h2,5-8H2,1,3-4H3,(H,12,14). The van der Waals surface area contributed by atoms with Gasteiger partial charge in [0.2, 0.25) is 5.91 Å². The number of ether oxygens (including phenoxy) is 1. The number of amides is 1. The van der Waals surface area contributed by atoms with Crippen LogP contribution in [0.1, 0.15) is 13.3 Å². The van der Waals surface area contributed by atoms with Crippen molar-refractivity contribution in [1.29, 1.82) is 0 Å². The number of likely N-dealkylation sites (N-methyl/N-ethyl adjacent to an activating group) is 1. The zero-order valence-corrected chi connectivity index (χ0v) is 10.2. The molecule has 0 aliphatic rings. The molecule has 0 aromatic heterocycles. The summed E-state index contributed by atoms with van der Waals surface area (Å²) in [7, 11) is 3.42. The van der Waals surface area contributed by atoms with Crippen molar-refractivity contribution < 1.29 is 14.3 Å². The van der Waals surface area contributed by atoms with Gasteiger partial charge in [-0.1, -0.05) is 6.58 Å². The highest BCUT2D eigenvalue weighted by Crippen LogP contribution is 1.98. The summed E-state index contributed by atoms with van der Waals surface area (Å²) in [6.07, 6.45) is 0.406. The Labute approximate surface area is 96.4 Å². The normalized spacial score (nSPS) is 10.0. The molecule has 5 heteroatoms. The number of nitrogens with zero attached hydrogens (tertiary/aromatic N) is 1. The maximum absolute atomic E-state index is 11.2. The molecule has 0 heterocycles. The average molecular weight is 228 g/mol. The lowest BCUT2D eigenvalue weighted by Gasteiger charge is -2.16. The monoisotopic (exact) mass is 228 g/mol. The first-order chi connectivity index (χ1) is 7.51. The van der Waals surface area contributed by atoms with E-state index in [0.29, 0.717) is 31.7 Å². The molecule has 0 aromatic carbocycles. The summed E-state index contributed by atoms with van der Waals surface area (Å²) in [6.45, 7) is 6.74. The molecule has 0 spiro atoms. The van der Waals surface area contributed by atoms with E-state index in [1.807, 2.05) is 11.9 Å². The molecule has 0 radical (unpaired) electrons. The van der Waals surface area contributed by atoms with Crippen molar-refractivity contribution in [3.05, 3.63) is 12.2 Å². The zero-order chi connectivity index (χ0) is 12.6. The van der Waals surface area contributed by atoms with Crippen molar-refractivity contribution in [2.75, 3.05) is 33.8 Å². The molecule has 0 rings (SSSR count). The second kappa shape index (κ2) is 7.87. The average Bonchev–Trinajstić information content (AvgIpc) is 2.26. The number of nitrogens with one attached hydrogen (secondary N) is 1. The van der Waals surface area contributed by atoms with Gasteiger partial charge >= 0.3 is 5.97 Å². The van der Waals surface area contributed by atoms with Gasteiger partial charge in [-0.2, -0.15) is 0 Å². The second-order valence-corrected chi connectivity index (χ2v) is 3.48. The SMILES string of the molecule is C=C(CN(C)CCC(=O)NC)C(=O)OCC. The van der Waals surface area contributed by atoms with E-state index in [-0.39, 0.29) is 11.9 Å². The van der Waals surface area contributed by atoms with E-state index in [0.717, 1.165) is 0 Å². The third-order valence-corrected chi connectivity index (χ3v) is 2.02. The summed E-state index contributed by atoms with van der Waals surface area (Å²) in [4.78, 5) is 24.1. The van der Waals surface area contributed by atoms with Gasteiger partial charge in [0, 0.05) is 32.1 Å². The van der Waals surface area contributed by atoms with Crippen molar-refractivity contribution in [3.63, 3.8) is 0 Å². The van der Waals surface area contributed by atoms with Gasteiger partial charge in [-0.3, -0.25) is 4.79 Å². The highest BCUT2D eigenvalue weighted by molar-refractivity contribution is 5.88. The Kier molecular flexibility index (Phi) is 7.20. The van der Waals surface area contributed by atoms with Crippen LogP contribution in [-0.2, 0) is 14.3 Å².